The van der Waals surface area contributed by atoms with Crippen molar-refractivity contribution < 1.29 is 4.79 Å². The summed E-state index contributed by atoms with van der Waals surface area (Å²) in [5.74, 6) is 0.371. The van der Waals surface area contributed by atoms with E-state index in [4.69, 9.17) is 0 Å². The lowest BCUT2D eigenvalue weighted by Crippen LogP contribution is -2.32. The van der Waals surface area contributed by atoms with Crippen molar-refractivity contribution in [1.82, 2.24) is 14.9 Å². The average molecular weight is 299 g/mol. The number of nitrogens with zero attached hydrogens (tertiary/aromatic N) is 2. The van der Waals surface area contributed by atoms with Gasteiger partial charge in [0.1, 0.15) is 6.54 Å². The van der Waals surface area contributed by atoms with Gasteiger partial charge in [-0.1, -0.05) is 19.9 Å². The van der Waals surface area contributed by atoms with Gasteiger partial charge >= 0.3 is 0 Å². The Kier molecular flexibility index (Phi) is 5.47. The van der Waals surface area contributed by atoms with Crippen LogP contribution in [0.1, 0.15) is 31.9 Å². The van der Waals surface area contributed by atoms with Crippen LogP contribution < -0.4 is 10.7 Å². The molecule has 22 heavy (non-hydrogen) atoms. The van der Waals surface area contributed by atoms with E-state index < -0.39 is 0 Å². The van der Waals surface area contributed by atoms with Crippen LogP contribution in [0.2, 0.25) is 0 Å². The van der Waals surface area contributed by atoms with E-state index in [2.05, 4.69) is 24.1 Å². The van der Waals surface area contributed by atoms with Gasteiger partial charge in [0.05, 0.1) is 6.04 Å². The van der Waals surface area contributed by atoms with E-state index in [1.807, 2.05) is 12.1 Å². The highest BCUT2D eigenvalue weighted by molar-refractivity contribution is 5.76. The van der Waals surface area contributed by atoms with Crippen LogP contribution in [0.5, 0.6) is 0 Å². The lowest BCUT2D eigenvalue weighted by molar-refractivity contribution is -0.122. The van der Waals surface area contributed by atoms with Crippen LogP contribution in [0.15, 0.2) is 53.8 Å². The molecule has 0 fully saturated rings. The number of amides is 1. The fourth-order valence-electron chi connectivity index (χ4n) is 2.29. The van der Waals surface area contributed by atoms with E-state index in [-0.39, 0.29) is 23.9 Å². The minimum Gasteiger partial charge on any atom is -0.348 e. The van der Waals surface area contributed by atoms with E-state index in [1.165, 1.54) is 12.1 Å². The van der Waals surface area contributed by atoms with Crippen LogP contribution in [0.3, 0.4) is 0 Å². The molecule has 2 heterocycles. The fourth-order valence-corrected chi connectivity index (χ4v) is 2.29. The first-order valence-electron chi connectivity index (χ1n) is 7.40. The molecule has 0 saturated carbocycles. The van der Waals surface area contributed by atoms with Crippen LogP contribution in [0.25, 0.3) is 0 Å². The number of hydrogen-bond acceptors (Lipinski definition) is 3. The topological polar surface area (TPSA) is 64.0 Å². The highest BCUT2D eigenvalue weighted by atomic mass is 16.2. The highest BCUT2D eigenvalue weighted by Crippen LogP contribution is 2.20. The van der Waals surface area contributed by atoms with Gasteiger partial charge in [-0.3, -0.25) is 14.6 Å². The van der Waals surface area contributed by atoms with E-state index >= 15 is 0 Å². The van der Waals surface area contributed by atoms with Gasteiger partial charge in [-0.15, -0.1) is 0 Å². The molecule has 0 bridgehead atoms. The molecule has 0 aliphatic carbocycles. The number of carbonyl (C=O) groups is 1. The van der Waals surface area contributed by atoms with E-state index in [0.29, 0.717) is 5.92 Å². The number of hydrogen-bond donors (Lipinski definition) is 1. The molecule has 116 valence electrons. The number of aromatic nitrogens is 2. The molecule has 1 unspecified atom stereocenters. The maximum Gasteiger partial charge on any atom is 0.240 e. The van der Waals surface area contributed by atoms with Gasteiger partial charge in [0.2, 0.25) is 5.91 Å². The van der Waals surface area contributed by atoms with E-state index in [0.717, 1.165) is 12.0 Å². The van der Waals surface area contributed by atoms with Crippen molar-refractivity contribution in [2.24, 2.45) is 5.92 Å². The van der Waals surface area contributed by atoms with Crippen molar-refractivity contribution in [2.45, 2.75) is 32.9 Å². The summed E-state index contributed by atoms with van der Waals surface area (Å²) in [7, 11) is 0. The van der Waals surface area contributed by atoms with Crippen molar-refractivity contribution in [1.29, 1.82) is 0 Å². The number of pyridine rings is 2. The predicted molar refractivity (Wildman–Crippen MR) is 85.3 cm³/mol. The highest BCUT2D eigenvalue weighted by Gasteiger charge is 2.16. The fraction of sp³-hybridized carbons (Fsp3) is 0.353. The van der Waals surface area contributed by atoms with Crippen molar-refractivity contribution in [3.05, 3.63) is 64.8 Å². The minimum atomic E-state index is -0.0850. The molecule has 2 aromatic heterocycles. The zero-order chi connectivity index (χ0) is 15.9. The van der Waals surface area contributed by atoms with E-state index in [9.17, 15) is 9.59 Å². The summed E-state index contributed by atoms with van der Waals surface area (Å²) < 4.78 is 1.69. The van der Waals surface area contributed by atoms with Crippen LogP contribution in [0, 0.1) is 5.92 Å². The van der Waals surface area contributed by atoms with E-state index in [1.54, 1.807) is 29.4 Å². The zero-order valence-electron chi connectivity index (χ0n) is 12.9. The van der Waals surface area contributed by atoms with Gasteiger partial charge in [0.15, 0.2) is 5.43 Å². The Labute approximate surface area is 130 Å². The maximum absolute atomic E-state index is 12.2. The summed E-state index contributed by atoms with van der Waals surface area (Å²) in [4.78, 5) is 27.4. The molecule has 0 aromatic carbocycles. The first kappa shape index (κ1) is 15.9. The molecule has 0 aliphatic rings. The van der Waals surface area contributed by atoms with Crippen molar-refractivity contribution in [3.8, 4) is 0 Å². The van der Waals surface area contributed by atoms with Crippen LogP contribution in [-0.2, 0) is 11.3 Å². The van der Waals surface area contributed by atoms with Gasteiger partial charge in [-0.25, -0.2) is 0 Å². The molecule has 1 N–H and O–H groups in total. The molecule has 0 radical (unpaired) electrons. The molecule has 5 heteroatoms. The van der Waals surface area contributed by atoms with Crippen molar-refractivity contribution in [3.63, 3.8) is 0 Å². The third-order valence-electron chi connectivity index (χ3n) is 3.32. The number of rotatable bonds is 6. The number of carbonyl (C=O) groups excluding carboxylic acids is 1. The molecule has 0 spiro atoms. The molecule has 0 aliphatic heterocycles. The smallest absolute Gasteiger partial charge is 0.240 e. The quantitative estimate of drug-likeness (QED) is 0.889. The molecule has 2 aromatic rings. The lowest BCUT2D eigenvalue weighted by Gasteiger charge is -2.21. The number of nitrogens with one attached hydrogen (secondary N) is 1. The summed E-state index contributed by atoms with van der Waals surface area (Å²) in [5.41, 5.74) is 0.939. The summed E-state index contributed by atoms with van der Waals surface area (Å²) in [6, 6.07) is 6.68. The summed E-state index contributed by atoms with van der Waals surface area (Å²) in [5, 5.41) is 3.05. The SMILES string of the molecule is CC(C)CC(NC(=O)Cn1ccc(=O)cc1)c1cccnc1. The monoisotopic (exact) mass is 299 g/mol. The Morgan fingerprint density at radius 1 is 1.27 bits per heavy atom. The third-order valence-corrected chi connectivity index (χ3v) is 3.32. The molecule has 5 nitrogen and oxygen atoms in total. The van der Waals surface area contributed by atoms with Crippen molar-refractivity contribution in [2.75, 3.05) is 0 Å². The molecule has 1 atom stereocenters. The zero-order valence-corrected chi connectivity index (χ0v) is 12.9. The summed E-state index contributed by atoms with van der Waals surface area (Å²) in [6.07, 6.45) is 7.58. The van der Waals surface area contributed by atoms with Gasteiger partial charge in [0.25, 0.3) is 0 Å². The summed E-state index contributed by atoms with van der Waals surface area (Å²) >= 11 is 0. The second kappa shape index (κ2) is 7.54. The third kappa shape index (κ3) is 4.84. The Morgan fingerprint density at radius 3 is 2.59 bits per heavy atom. The average Bonchev–Trinajstić information content (AvgIpc) is 2.49. The first-order chi connectivity index (χ1) is 10.5. The maximum atomic E-state index is 12.2. The molecule has 0 saturated heterocycles. The van der Waals surface area contributed by atoms with Gasteiger partial charge in [0, 0.05) is 36.9 Å². The van der Waals surface area contributed by atoms with Crippen LogP contribution >= 0.6 is 0 Å². The van der Waals surface area contributed by atoms with Gasteiger partial charge < -0.3 is 9.88 Å². The normalized spacial score (nSPS) is 12.1. The molecule has 2 rings (SSSR count). The summed E-state index contributed by atoms with van der Waals surface area (Å²) in [6.45, 7) is 4.43. The Morgan fingerprint density at radius 2 is 2.00 bits per heavy atom. The molecular formula is C17H21N3O2. The lowest BCUT2D eigenvalue weighted by atomic mass is 9.98. The van der Waals surface area contributed by atoms with Gasteiger partial charge in [-0.05, 0) is 24.0 Å². The Hall–Kier alpha value is -2.43. The standard InChI is InChI=1S/C17H21N3O2/c1-13(2)10-16(14-4-3-7-18-11-14)19-17(22)12-20-8-5-15(21)6-9-20/h3-9,11,13,16H,10,12H2,1-2H3,(H,19,22). The Balaban J connectivity index is 2.04. The van der Waals surface area contributed by atoms with Crippen LogP contribution in [-0.4, -0.2) is 15.5 Å². The van der Waals surface area contributed by atoms with Crippen LogP contribution in [0.4, 0.5) is 0 Å². The Bertz CT molecular complexity index is 645. The molecule has 1 amide bonds. The van der Waals surface area contributed by atoms with Crippen molar-refractivity contribution >= 4 is 5.91 Å². The second-order valence-corrected chi connectivity index (χ2v) is 5.74. The molecular weight excluding hydrogens is 278 g/mol. The second-order valence-electron chi connectivity index (χ2n) is 5.74. The largest absolute Gasteiger partial charge is 0.348 e. The predicted octanol–water partition coefficient (Wildman–Crippen LogP) is 2.15. The minimum absolute atomic E-state index is 0.0550. The first-order valence-corrected chi connectivity index (χ1v) is 7.40. The van der Waals surface area contributed by atoms with Gasteiger partial charge in [-0.2, -0.15) is 0 Å².